The molecule has 3 N–H and O–H groups in total. The number of hydrogen-bond donors (Lipinski definition) is 3. The van der Waals surface area contributed by atoms with E-state index in [1.165, 1.54) is 0 Å². The van der Waals surface area contributed by atoms with Gasteiger partial charge in [-0.2, -0.15) is 0 Å². The van der Waals surface area contributed by atoms with Crippen molar-refractivity contribution in [3.63, 3.8) is 0 Å². The molecule has 2 aromatic rings. The lowest BCUT2D eigenvalue weighted by molar-refractivity contribution is -0.149. The first-order chi connectivity index (χ1) is 13.8. The fourth-order valence-corrected chi connectivity index (χ4v) is 2.56. The van der Waals surface area contributed by atoms with E-state index in [9.17, 15) is 19.2 Å². The number of nitrogens with one attached hydrogen (secondary N) is 3. The molecule has 152 valence electrons. The lowest BCUT2D eigenvalue weighted by atomic mass is 10.2. The Bertz CT molecular complexity index is 886. The van der Waals surface area contributed by atoms with Gasteiger partial charge in [0.15, 0.2) is 6.61 Å². The van der Waals surface area contributed by atoms with Gasteiger partial charge >= 0.3 is 5.97 Å². The molecule has 3 amide bonds. The Morgan fingerprint density at radius 2 is 1.34 bits per heavy atom. The summed E-state index contributed by atoms with van der Waals surface area (Å²) in [7, 11) is 0. The van der Waals surface area contributed by atoms with Gasteiger partial charge in [-0.05, 0) is 48.5 Å². The van der Waals surface area contributed by atoms with E-state index in [0.717, 1.165) is 8.95 Å². The average molecular weight is 527 g/mol. The van der Waals surface area contributed by atoms with Crippen LogP contribution in [0, 0.1) is 0 Å². The summed E-state index contributed by atoms with van der Waals surface area (Å²) in [6.45, 7) is -0.576. The van der Waals surface area contributed by atoms with Crippen molar-refractivity contribution in [1.82, 2.24) is 10.9 Å². The van der Waals surface area contributed by atoms with Crippen LogP contribution in [0.2, 0.25) is 0 Å². The summed E-state index contributed by atoms with van der Waals surface area (Å²) in [5.74, 6) is -2.27. The lowest BCUT2D eigenvalue weighted by Gasteiger charge is -2.08. The summed E-state index contributed by atoms with van der Waals surface area (Å²) in [6.07, 6.45) is -0.266. The molecular weight excluding hydrogens is 510 g/mol. The molecule has 0 saturated heterocycles. The van der Waals surface area contributed by atoms with Crippen molar-refractivity contribution in [2.75, 3.05) is 11.9 Å². The molecule has 0 bridgehead atoms. The fourth-order valence-electron chi connectivity index (χ4n) is 2.03. The van der Waals surface area contributed by atoms with Crippen LogP contribution in [-0.4, -0.2) is 30.3 Å². The van der Waals surface area contributed by atoms with Gasteiger partial charge in [-0.25, -0.2) is 0 Å². The minimum atomic E-state index is -0.705. The first kappa shape index (κ1) is 22.6. The Labute approximate surface area is 183 Å². The largest absolute Gasteiger partial charge is 0.455 e. The summed E-state index contributed by atoms with van der Waals surface area (Å²) >= 11 is 6.55. The molecule has 2 rings (SSSR count). The average Bonchev–Trinajstić information content (AvgIpc) is 2.71. The van der Waals surface area contributed by atoms with Crippen LogP contribution < -0.4 is 16.2 Å². The second-order valence-electron chi connectivity index (χ2n) is 5.72. The molecule has 0 radical (unpaired) electrons. The second kappa shape index (κ2) is 11.3. The third-order valence-corrected chi connectivity index (χ3v) is 4.53. The van der Waals surface area contributed by atoms with Gasteiger partial charge in [0.25, 0.3) is 11.8 Å². The van der Waals surface area contributed by atoms with Gasteiger partial charge in [0.1, 0.15) is 0 Å². The van der Waals surface area contributed by atoms with E-state index in [-0.39, 0.29) is 18.7 Å². The van der Waals surface area contributed by atoms with E-state index in [2.05, 4.69) is 48.0 Å². The molecule has 0 fully saturated rings. The van der Waals surface area contributed by atoms with Crippen molar-refractivity contribution in [2.24, 2.45) is 0 Å². The van der Waals surface area contributed by atoms with Crippen molar-refractivity contribution in [3.05, 3.63) is 63.0 Å². The third kappa shape index (κ3) is 8.44. The van der Waals surface area contributed by atoms with E-state index < -0.39 is 24.4 Å². The number of hydrazine groups is 1. The molecule has 0 aliphatic carbocycles. The minimum Gasteiger partial charge on any atom is -0.455 e. The Balaban J connectivity index is 1.63. The monoisotopic (exact) mass is 525 g/mol. The van der Waals surface area contributed by atoms with Crippen molar-refractivity contribution in [1.29, 1.82) is 0 Å². The zero-order valence-corrected chi connectivity index (χ0v) is 18.2. The van der Waals surface area contributed by atoms with Gasteiger partial charge in [0.05, 0.1) is 6.42 Å². The third-order valence-electron chi connectivity index (χ3n) is 3.47. The van der Waals surface area contributed by atoms with Crippen LogP contribution in [0.1, 0.15) is 23.2 Å². The first-order valence-corrected chi connectivity index (χ1v) is 9.98. The molecule has 0 saturated carbocycles. The van der Waals surface area contributed by atoms with Gasteiger partial charge in [0, 0.05) is 26.6 Å². The van der Waals surface area contributed by atoms with E-state index in [1.54, 1.807) is 48.5 Å². The van der Waals surface area contributed by atoms with Crippen LogP contribution in [0.3, 0.4) is 0 Å². The van der Waals surface area contributed by atoms with E-state index in [0.29, 0.717) is 11.3 Å². The van der Waals surface area contributed by atoms with Crippen LogP contribution in [0.4, 0.5) is 5.69 Å². The SMILES string of the molecule is O=C(COC(=O)CCC(=O)Nc1ccc(Br)cc1)NNC(=O)c1ccc(Br)cc1. The van der Waals surface area contributed by atoms with Crippen LogP contribution in [0.25, 0.3) is 0 Å². The molecule has 8 nitrogen and oxygen atoms in total. The maximum atomic E-state index is 11.8. The van der Waals surface area contributed by atoms with Crippen molar-refractivity contribution < 1.29 is 23.9 Å². The fraction of sp³-hybridized carbons (Fsp3) is 0.158. The topological polar surface area (TPSA) is 114 Å². The summed E-state index contributed by atoms with van der Waals surface area (Å²) in [6, 6.07) is 13.5. The number of ether oxygens (including phenoxy) is 1. The quantitative estimate of drug-likeness (QED) is 0.379. The van der Waals surface area contributed by atoms with Crippen LogP contribution >= 0.6 is 31.9 Å². The van der Waals surface area contributed by atoms with Gasteiger partial charge in [-0.1, -0.05) is 31.9 Å². The van der Waals surface area contributed by atoms with Gasteiger partial charge in [0.2, 0.25) is 5.91 Å². The number of carbonyl (C=O) groups is 4. The molecule has 0 aliphatic heterocycles. The number of amides is 3. The Morgan fingerprint density at radius 1 is 0.759 bits per heavy atom. The minimum absolute atomic E-state index is 0.0865. The van der Waals surface area contributed by atoms with Crippen LogP contribution in [0.5, 0.6) is 0 Å². The Hall–Kier alpha value is -2.72. The molecular formula is C19H17Br2N3O5. The summed E-state index contributed by atoms with van der Waals surface area (Å²) in [5.41, 5.74) is 5.31. The highest BCUT2D eigenvalue weighted by Crippen LogP contribution is 2.14. The predicted octanol–water partition coefficient (Wildman–Crippen LogP) is 2.93. The second-order valence-corrected chi connectivity index (χ2v) is 7.56. The molecule has 0 aliphatic rings. The molecule has 0 unspecified atom stereocenters. The number of esters is 1. The molecule has 0 heterocycles. The first-order valence-electron chi connectivity index (χ1n) is 8.39. The maximum Gasteiger partial charge on any atom is 0.306 e. The standard InChI is InChI=1S/C19H17Br2N3O5/c20-13-3-1-12(2-4-13)19(28)24-23-17(26)11-29-18(27)10-9-16(25)22-15-7-5-14(21)6-8-15/h1-8H,9-11H2,(H,22,25)(H,23,26)(H,24,28). The summed E-state index contributed by atoms with van der Waals surface area (Å²) in [4.78, 5) is 47.0. The zero-order chi connectivity index (χ0) is 21.2. The Kier molecular flexibility index (Phi) is 8.81. The van der Waals surface area contributed by atoms with Gasteiger partial charge < -0.3 is 10.1 Å². The van der Waals surface area contributed by atoms with Gasteiger partial charge in [-0.15, -0.1) is 0 Å². The molecule has 10 heteroatoms. The molecule has 29 heavy (non-hydrogen) atoms. The highest BCUT2D eigenvalue weighted by Gasteiger charge is 2.12. The maximum absolute atomic E-state index is 11.8. The highest BCUT2D eigenvalue weighted by molar-refractivity contribution is 9.10. The van der Waals surface area contributed by atoms with E-state index in [1.807, 2.05) is 0 Å². The van der Waals surface area contributed by atoms with Crippen molar-refractivity contribution in [3.8, 4) is 0 Å². The van der Waals surface area contributed by atoms with Crippen molar-refractivity contribution in [2.45, 2.75) is 12.8 Å². The highest BCUT2D eigenvalue weighted by atomic mass is 79.9. The van der Waals surface area contributed by atoms with Crippen molar-refractivity contribution >= 4 is 61.2 Å². The normalized spacial score (nSPS) is 10.0. The smallest absolute Gasteiger partial charge is 0.306 e. The van der Waals surface area contributed by atoms with Crippen LogP contribution in [-0.2, 0) is 19.1 Å². The number of halogens is 2. The number of rotatable bonds is 7. The predicted molar refractivity (Wildman–Crippen MR) is 113 cm³/mol. The van der Waals surface area contributed by atoms with E-state index in [4.69, 9.17) is 4.74 Å². The van der Waals surface area contributed by atoms with Gasteiger partial charge in [-0.3, -0.25) is 30.0 Å². The lowest BCUT2D eigenvalue weighted by Crippen LogP contribution is -2.43. The summed E-state index contributed by atoms with van der Waals surface area (Å²) < 4.78 is 6.47. The Morgan fingerprint density at radius 3 is 1.97 bits per heavy atom. The molecule has 0 spiro atoms. The molecule has 0 atom stereocenters. The van der Waals surface area contributed by atoms with Crippen LogP contribution in [0.15, 0.2) is 57.5 Å². The number of anilines is 1. The number of carbonyl (C=O) groups excluding carboxylic acids is 4. The number of benzene rings is 2. The number of hydrogen-bond acceptors (Lipinski definition) is 5. The molecule has 0 aromatic heterocycles. The molecule has 2 aromatic carbocycles. The zero-order valence-electron chi connectivity index (χ0n) is 15.0. The summed E-state index contributed by atoms with van der Waals surface area (Å²) in [5, 5.41) is 2.64. The van der Waals surface area contributed by atoms with E-state index >= 15 is 0 Å².